The number of ether oxygens (including phenoxy) is 1. The van der Waals surface area contributed by atoms with E-state index in [0.717, 1.165) is 0 Å². The van der Waals surface area contributed by atoms with E-state index in [9.17, 15) is 13.6 Å². The molecule has 0 unspecified atom stereocenters. The molecule has 1 aromatic carbocycles. The van der Waals surface area contributed by atoms with E-state index in [0.29, 0.717) is 5.56 Å². The summed E-state index contributed by atoms with van der Waals surface area (Å²) in [6, 6.07) is 5.24. The van der Waals surface area contributed by atoms with E-state index in [1.807, 2.05) is 0 Å². The highest BCUT2D eigenvalue weighted by molar-refractivity contribution is 5.74. The molecule has 1 aromatic rings. The molecule has 0 heterocycles. The Morgan fingerprint density at radius 1 is 1.31 bits per heavy atom. The predicted octanol–water partition coefficient (Wildman–Crippen LogP) is 1.16. The van der Waals surface area contributed by atoms with Crippen molar-refractivity contribution in [1.29, 1.82) is 0 Å². The van der Waals surface area contributed by atoms with Gasteiger partial charge in [-0.3, -0.25) is 4.79 Å². The zero-order valence-corrected chi connectivity index (χ0v) is 8.40. The van der Waals surface area contributed by atoms with Gasteiger partial charge in [0.05, 0.1) is 0 Å². The third-order valence-electron chi connectivity index (χ3n) is 1.95. The van der Waals surface area contributed by atoms with Crippen molar-refractivity contribution >= 4 is 5.91 Å². The van der Waals surface area contributed by atoms with Crippen LogP contribution in [0.1, 0.15) is 18.0 Å². The van der Waals surface area contributed by atoms with Crippen molar-refractivity contribution in [3.63, 3.8) is 0 Å². The number of primary amides is 1. The van der Waals surface area contributed by atoms with E-state index in [4.69, 9.17) is 11.5 Å². The number of halogens is 2. The number of rotatable bonds is 5. The summed E-state index contributed by atoms with van der Waals surface area (Å²) in [4.78, 5) is 10.6. The number of nitrogens with two attached hydrogens (primary N) is 2. The lowest BCUT2D eigenvalue weighted by Crippen LogP contribution is -2.20. The number of amides is 1. The molecule has 4 nitrogen and oxygen atoms in total. The van der Waals surface area contributed by atoms with Gasteiger partial charge >= 0.3 is 6.61 Å². The van der Waals surface area contributed by atoms with Crippen LogP contribution in [0.4, 0.5) is 8.78 Å². The largest absolute Gasteiger partial charge is 0.435 e. The van der Waals surface area contributed by atoms with Crippen molar-refractivity contribution in [2.75, 3.05) is 0 Å². The van der Waals surface area contributed by atoms with Crippen LogP contribution < -0.4 is 16.2 Å². The molecule has 1 rings (SSSR count). The third kappa shape index (κ3) is 3.82. The normalized spacial score (nSPS) is 12.5. The van der Waals surface area contributed by atoms with Crippen LogP contribution in [0.2, 0.25) is 0 Å². The van der Waals surface area contributed by atoms with Gasteiger partial charge in [0.15, 0.2) is 0 Å². The molecule has 1 amide bonds. The average Bonchev–Trinajstić information content (AvgIpc) is 2.16. The molecule has 0 bridgehead atoms. The number of benzene rings is 1. The van der Waals surface area contributed by atoms with Crippen LogP contribution in [0.15, 0.2) is 24.3 Å². The molecule has 0 saturated carbocycles. The van der Waals surface area contributed by atoms with Crippen molar-refractivity contribution in [3.05, 3.63) is 29.8 Å². The van der Waals surface area contributed by atoms with Gasteiger partial charge in [0.25, 0.3) is 0 Å². The van der Waals surface area contributed by atoms with Crippen molar-refractivity contribution in [1.82, 2.24) is 0 Å². The quantitative estimate of drug-likeness (QED) is 0.796. The van der Waals surface area contributed by atoms with Crippen molar-refractivity contribution in [3.8, 4) is 5.75 Å². The van der Waals surface area contributed by atoms with Crippen molar-refractivity contribution < 1.29 is 18.3 Å². The van der Waals surface area contributed by atoms with Gasteiger partial charge in [0, 0.05) is 12.5 Å². The first-order chi connectivity index (χ1) is 7.49. The minimum Gasteiger partial charge on any atom is -0.435 e. The average molecular weight is 230 g/mol. The number of hydrogen-bond donors (Lipinski definition) is 2. The van der Waals surface area contributed by atoms with E-state index < -0.39 is 18.6 Å². The van der Waals surface area contributed by atoms with E-state index in [-0.39, 0.29) is 12.2 Å². The molecule has 88 valence electrons. The molecule has 0 aliphatic rings. The minimum atomic E-state index is -2.86. The van der Waals surface area contributed by atoms with Gasteiger partial charge in [0.1, 0.15) is 5.75 Å². The Labute approximate surface area is 91.2 Å². The highest BCUT2D eigenvalue weighted by atomic mass is 19.3. The Kier molecular flexibility index (Phi) is 4.19. The molecule has 0 fully saturated rings. The van der Waals surface area contributed by atoms with Gasteiger partial charge in [-0.1, -0.05) is 12.1 Å². The highest BCUT2D eigenvalue weighted by Gasteiger charge is 2.10. The first kappa shape index (κ1) is 12.4. The molecule has 1 atom stereocenters. The van der Waals surface area contributed by atoms with Crippen LogP contribution in [0, 0.1) is 0 Å². The van der Waals surface area contributed by atoms with Crippen LogP contribution in [-0.4, -0.2) is 12.5 Å². The third-order valence-corrected chi connectivity index (χ3v) is 1.95. The highest BCUT2D eigenvalue weighted by Crippen LogP contribution is 2.19. The zero-order chi connectivity index (χ0) is 12.1. The Bertz CT molecular complexity index is 354. The van der Waals surface area contributed by atoms with Crippen molar-refractivity contribution in [2.45, 2.75) is 19.1 Å². The summed E-state index contributed by atoms with van der Waals surface area (Å²) < 4.78 is 27.9. The molecule has 6 heteroatoms. The maximum Gasteiger partial charge on any atom is 0.387 e. The number of alkyl halides is 2. The standard InChI is InChI=1S/C10H12F2N2O2/c11-10(12)16-7-3-1-6(2-4-7)8(13)5-9(14)15/h1-4,8,10H,5,13H2,(H2,14,15)/t8-/m0/s1. The minimum absolute atomic E-state index is 0.00898. The van der Waals surface area contributed by atoms with Crippen LogP contribution in [0.5, 0.6) is 5.75 Å². The van der Waals surface area contributed by atoms with E-state index in [2.05, 4.69) is 4.74 Å². The predicted molar refractivity (Wildman–Crippen MR) is 53.8 cm³/mol. The van der Waals surface area contributed by atoms with Crippen LogP contribution in [-0.2, 0) is 4.79 Å². The summed E-state index contributed by atoms with van der Waals surface area (Å²) in [5, 5.41) is 0. The smallest absolute Gasteiger partial charge is 0.387 e. The topological polar surface area (TPSA) is 78.3 Å². The summed E-state index contributed by atoms with van der Waals surface area (Å²) in [7, 11) is 0. The van der Waals surface area contributed by atoms with Crippen LogP contribution >= 0.6 is 0 Å². The second-order valence-electron chi connectivity index (χ2n) is 3.22. The lowest BCUT2D eigenvalue weighted by Gasteiger charge is -2.10. The summed E-state index contributed by atoms with van der Waals surface area (Å²) in [6.45, 7) is -2.86. The number of carbonyl (C=O) groups is 1. The second kappa shape index (κ2) is 5.41. The molecule has 0 spiro atoms. The molecule has 0 aliphatic carbocycles. The van der Waals surface area contributed by atoms with Gasteiger partial charge in [0.2, 0.25) is 5.91 Å². The summed E-state index contributed by atoms with van der Waals surface area (Å²) >= 11 is 0. The Morgan fingerprint density at radius 3 is 2.31 bits per heavy atom. The maximum atomic E-state index is 11.8. The molecule has 0 radical (unpaired) electrons. The van der Waals surface area contributed by atoms with Crippen molar-refractivity contribution in [2.24, 2.45) is 11.5 Å². The Morgan fingerprint density at radius 2 is 1.88 bits per heavy atom. The fraction of sp³-hybridized carbons (Fsp3) is 0.300. The maximum absolute atomic E-state index is 11.8. The fourth-order valence-corrected chi connectivity index (χ4v) is 1.23. The molecule has 4 N–H and O–H groups in total. The summed E-state index contributed by atoms with van der Waals surface area (Å²) in [5.74, 6) is -0.467. The van der Waals surface area contributed by atoms with E-state index >= 15 is 0 Å². The molecule has 0 saturated heterocycles. The van der Waals surface area contributed by atoms with Gasteiger partial charge in [-0.25, -0.2) is 0 Å². The van der Waals surface area contributed by atoms with Gasteiger partial charge in [-0.05, 0) is 17.7 Å². The lowest BCUT2D eigenvalue weighted by molar-refractivity contribution is -0.118. The Hall–Kier alpha value is -1.69. The fourth-order valence-electron chi connectivity index (χ4n) is 1.23. The second-order valence-corrected chi connectivity index (χ2v) is 3.22. The lowest BCUT2D eigenvalue weighted by atomic mass is 10.0. The summed E-state index contributed by atoms with van der Waals surface area (Å²) in [6.07, 6.45) is 0.00898. The molecule has 0 aliphatic heterocycles. The number of carbonyl (C=O) groups excluding carboxylic acids is 1. The summed E-state index contributed by atoms with van der Waals surface area (Å²) in [5.41, 5.74) is 11.3. The molecule has 0 aromatic heterocycles. The number of hydrogen-bond acceptors (Lipinski definition) is 3. The first-order valence-electron chi connectivity index (χ1n) is 4.57. The molecular weight excluding hydrogens is 218 g/mol. The molecular formula is C10H12F2N2O2. The molecule has 16 heavy (non-hydrogen) atoms. The van der Waals surface area contributed by atoms with E-state index in [1.165, 1.54) is 24.3 Å². The van der Waals surface area contributed by atoms with Crippen LogP contribution in [0.3, 0.4) is 0 Å². The van der Waals surface area contributed by atoms with Gasteiger partial charge < -0.3 is 16.2 Å². The van der Waals surface area contributed by atoms with Gasteiger partial charge in [-0.2, -0.15) is 8.78 Å². The van der Waals surface area contributed by atoms with Crippen LogP contribution in [0.25, 0.3) is 0 Å². The Balaban J connectivity index is 2.66. The monoisotopic (exact) mass is 230 g/mol. The first-order valence-corrected chi connectivity index (χ1v) is 4.57. The zero-order valence-electron chi connectivity index (χ0n) is 8.40. The van der Waals surface area contributed by atoms with E-state index in [1.54, 1.807) is 0 Å². The SMILES string of the molecule is NC(=O)C[C@H](N)c1ccc(OC(F)F)cc1. The van der Waals surface area contributed by atoms with Gasteiger partial charge in [-0.15, -0.1) is 0 Å².